The zero-order valence-electron chi connectivity index (χ0n) is 13.1. The van der Waals surface area contributed by atoms with Gasteiger partial charge >= 0.3 is 0 Å². The zero-order chi connectivity index (χ0) is 15.2. The van der Waals surface area contributed by atoms with Gasteiger partial charge in [-0.05, 0) is 36.5 Å². The van der Waals surface area contributed by atoms with Gasteiger partial charge in [-0.15, -0.1) is 0 Å². The highest BCUT2D eigenvalue weighted by Gasteiger charge is 2.17. The van der Waals surface area contributed by atoms with Gasteiger partial charge in [-0.25, -0.2) is 0 Å². The van der Waals surface area contributed by atoms with Crippen LogP contribution in [0.15, 0.2) is 12.1 Å². The Balaban J connectivity index is 2.01. The SMILES string of the molecule is CCCCC(CC)COc1cc2c(cc1N)NC(=O)CC2. The number of amides is 1. The van der Waals surface area contributed by atoms with Crippen LogP contribution in [-0.2, 0) is 11.2 Å². The van der Waals surface area contributed by atoms with Crippen molar-refractivity contribution in [1.82, 2.24) is 0 Å². The minimum atomic E-state index is 0.0566. The van der Waals surface area contributed by atoms with E-state index in [0.717, 1.165) is 29.8 Å². The van der Waals surface area contributed by atoms with E-state index < -0.39 is 0 Å². The van der Waals surface area contributed by atoms with Gasteiger partial charge in [0.15, 0.2) is 0 Å². The standard InChI is InChI=1S/C17H26N2O2/c1-3-5-6-12(4-2)11-21-16-9-13-7-8-17(20)19-15(13)10-14(16)18/h9-10,12H,3-8,11,18H2,1-2H3,(H,19,20). The number of nitrogen functional groups attached to an aromatic ring is 1. The topological polar surface area (TPSA) is 64.3 Å². The van der Waals surface area contributed by atoms with Gasteiger partial charge in [-0.2, -0.15) is 0 Å². The third-order valence-corrected chi connectivity index (χ3v) is 4.15. The number of nitrogens with two attached hydrogens (primary N) is 1. The Kier molecular flexibility index (Phi) is 5.48. The summed E-state index contributed by atoms with van der Waals surface area (Å²) in [5, 5.41) is 2.86. The van der Waals surface area contributed by atoms with Crippen molar-refractivity contribution in [2.24, 2.45) is 5.92 Å². The lowest BCUT2D eigenvalue weighted by Crippen LogP contribution is -2.19. The van der Waals surface area contributed by atoms with Crippen molar-refractivity contribution in [2.75, 3.05) is 17.7 Å². The second-order valence-corrected chi connectivity index (χ2v) is 5.82. The maximum atomic E-state index is 11.4. The molecule has 116 valence electrons. The largest absolute Gasteiger partial charge is 0.491 e. The van der Waals surface area contributed by atoms with Crippen LogP contribution in [0.2, 0.25) is 0 Å². The smallest absolute Gasteiger partial charge is 0.224 e. The molecule has 0 aromatic heterocycles. The van der Waals surface area contributed by atoms with Crippen LogP contribution >= 0.6 is 0 Å². The molecule has 4 nitrogen and oxygen atoms in total. The van der Waals surface area contributed by atoms with Crippen molar-refractivity contribution in [3.05, 3.63) is 17.7 Å². The quantitative estimate of drug-likeness (QED) is 0.752. The number of carbonyl (C=O) groups excluding carboxylic acids is 1. The molecule has 2 rings (SSSR count). The lowest BCUT2D eigenvalue weighted by Gasteiger charge is -2.21. The monoisotopic (exact) mass is 290 g/mol. The molecule has 0 radical (unpaired) electrons. The van der Waals surface area contributed by atoms with Crippen LogP contribution in [0.25, 0.3) is 0 Å². The van der Waals surface area contributed by atoms with Crippen LogP contribution in [0, 0.1) is 5.92 Å². The molecule has 1 aromatic carbocycles. The van der Waals surface area contributed by atoms with Crippen LogP contribution in [0.4, 0.5) is 11.4 Å². The molecule has 0 aliphatic carbocycles. The minimum Gasteiger partial charge on any atom is -0.491 e. The predicted octanol–water partition coefficient (Wildman–Crippen LogP) is 3.75. The number of anilines is 2. The molecule has 1 heterocycles. The number of nitrogens with one attached hydrogen (secondary N) is 1. The molecule has 1 atom stereocenters. The normalized spacial score (nSPS) is 15.2. The van der Waals surface area contributed by atoms with Crippen LogP contribution in [-0.4, -0.2) is 12.5 Å². The molecule has 1 unspecified atom stereocenters. The second kappa shape index (κ2) is 7.34. The molecule has 0 spiro atoms. The number of fused-ring (bicyclic) bond motifs is 1. The number of hydrogen-bond donors (Lipinski definition) is 2. The number of carbonyl (C=O) groups is 1. The number of ether oxygens (including phenoxy) is 1. The second-order valence-electron chi connectivity index (χ2n) is 5.82. The number of rotatable bonds is 7. The lowest BCUT2D eigenvalue weighted by atomic mass is 10.00. The molecule has 4 heteroatoms. The van der Waals surface area contributed by atoms with E-state index in [1.807, 2.05) is 12.1 Å². The van der Waals surface area contributed by atoms with Crippen LogP contribution in [0.1, 0.15) is 51.5 Å². The van der Waals surface area contributed by atoms with Crippen LogP contribution in [0.3, 0.4) is 0 Å². The summed E-state index contributed by atoms with van der Waals surface area (Å²) in [5.74, 6) is 1.39. The Labute approximate surface area is 127 Å². The van der Waals surface area contributed by atoms with E-state index in [1.54, 1.807) is 0 Å². The Morgan fingerprint density at radius 2 is 2.14 bits per heavy atom. The van der Waals surface area contributed by atoms with Crippen molar-refractivity contribution in [3.63, 3.8) is 0 Å². The number of aryl methyl sites for hydroxylation is 1. The average Bonchev–Trinajstić information content (AvgIpc) is 2.47. The molecule has 0 fully saturated rings. The molecule has 1 aliphatic heterocycles. The van der Waals surface area contributed by atoms with Gasteiger partial charge in [-0.1, -0.05) is 33.1 Å². The molecule has 0 saturated heterocycles. The summed E-state index contributed by atoms with van der Waals surface area (Å²) in [4.78, 5) is 11.4. The molecule has 1 amide bonds. The lowest BCUT2D eigenvalue weighted by molar-refractivity contribution is -0.116. The van der Waals surface area contributed by atoms with Gasteiger partial charge in [0.05, 0.1) is 12.3 Å². The van der Waals surface area contributed by atoms with Crippen LogP contribution in [0.5, 0.6) is 5.75 Å². The van der Waals surface area contributed by atoms with Gasteiger partial charge in [-0.3, -0.25) is 4.79 Å². The zero-order valence-corrected chi connectivity index (χ0v) is 13.1. The Bertz CT molecular complexity index is 500. The molecular weight excluding hydrogens is 264 g/mol. The van der Waals surface area contributed by atoms with Crippen molar-refractivity contribution >= 4 is 17.3 Å². The fourth-order valence-corrected chi connectivity index (χ4v) is 2.65. The highest BCUT2D eigenvalue weighted by Crippen LogP contribution is 2.33. The maximum absolute atomic E-state index is 11.4. The first-order valence-corrected chi connectivity index (χ1v) is 7.99. The van der Waals surface area contributed by atoms with Gasteiger partial charge < -0.3 is 15.8 Å². The summed E-state index contributed by atoms with van der Waals surface area (Å²) in [6, 6.07) is 3.80. The molecule has 0 saturated carbocycles. The summed E-state index contributed by atoms with van der Waals surface area (Å²) in [6.07, 6.45) is 6.08. The van der Waals surface area contributed by atoms with Crippen molar-refractivity contribution in [1.29, 1.82) is 0 Å². The summed E-state index contributed by atoms with van der Waals surface area (Å²) in [6.45, 7) is 5.13. The fraction of sp³-hybridized carbons (Fsp3) is 0.588. The first-order valence-electron chi connectivity index (χ1n) is 7.99. The van der Waals surface area contributed by atoms with E-state index in [2.05, 4.69) is 19.2 Å². The summed E-state index contributed by atoms with van der Waals surface area (Å²) in [5.41, 5.74) is 8.58. The molecular formula is C17H26N2O2. The van der Waals surface area contributed by atoms with Crippen LogP contribution < -0.4 is 15.8 Å². The number of hydrogen-bond acceptors (Lipinski definition) is 3. The van der Waals surface area contributed by atoms with Gasteiger partial charge in [0, 0.05) is 12.1 Å². The fourth-order valence-electron chi connectivity index (χ4n) is 2.65. The van der Waals surface area contributed by atoms with Crippen molar-refractivity contribution in [2.45, 2.75) is 52.4 Å². The molecule has 21 heavy (non-hydrogen) atoms. The third-order valence-electron chi connectivity index (χ3n) is 4.15. The van der Waals surface area contributed by atoms with Gasteiger partial charge in [0.2, 0.25) is 5.91 Å². The van der Waals surface area contributed by atoms with Gasteiger partial charge in [0.25, 0.3) is 0 Å². The average molecular weight is 290 g/mol. The molecule has 1 aliphatic rings. The first kappa shape index (κ1) is 15.7. The first-order chi connectivity index (χ1) is 10.1. The third kappa shape index (κ3) is 4.13. The van der Waals surface area contributed by atoms with Crippen molar-refractivity contribution < 1.29 is 9.53 Å². The highest BCUT2D eigenvalue weighted by molar-refractivity contribution is 5.94. The summed E-state index contributed by atoms with van der Waals surface area (Å²) >= 11 is 0. The molecule has 3 N–H and O–H groups in total. The molecule has 1 aromatic rings. The minimum absolute atomic E-state index is 0.0566. The Morgan fingerprint density at radius 3 is 2.86 bits per heavy atom. The van der Waals surface area contributed by atoms with Crippen molar-refractivity contribution in [3.8, 4) is 5.75 Å². The van der Waals surface area contributed by atoms with E-state index in [-0.39, 0.29) is 5.91 Å². The van der Waals surface area contributed by atoms with Gasteiger partial charge in [0.1, 0.15) is 5.75 Å². The Hall–Kier alpha value is -1.71. The van der Waals surface area contributed by atoms with E-state index in [9.17, 15) is 4.79 Å². The summed E-state index contributed by atoms with van der Waals surface area (Å²) < 4.78 is 5.94. The van der Waals surface area contributed by atoms with E-state index in [0.29, 0.717) is 24.6 Å². The predicted molar refractivity (Wildman–Crippen MR) is 86.6 cm³/mol. The Morgan fingerprint density at radius 1 is 1.33 bits per heavy atom. The highest BCUT2D eigenvalue weighted by atomic mass is 16.5. The molecule has 0 bridgehead atoms. The number of benzene rings is 1. The van der Waals surface area contributed by atoms with E-state index in [4.69, 9.17) is 10.5 Å². The summed E-state index contributed by atoms with van der Waals surface area (Å²) in [7, 11) is 0. The number of unbranched alkanes of at least 4 members (excludes halogenated alkanes) is 1. The maximum Gasteiger partial charge on any atom is 0.224 e. The van der Waals surface area contributed by atoms with E-state index in [1.165, 1.54) is 19.3 Å². The van der Waals surface area contributed by atoms with E-state index >= 15 is 0 Å².